The number of esters is 1. The number of allylic oxidation sites excluding steroid dienone is 9. The van der Waals surface area contributed by atoms with E-state index in [0.717, 1.165) is 5.57 Å². The first-order chi connectivity index (χ1) is 11.7. The Morgan fingerprint density at radius 3 is 2.52 bits per heavy atom. The summed E-state index contributed by atoms with van der Waals surface area (Å²) in [6, 6.07) is 2.12. The van der Waals surface area contributed by atoms with Gasteiger partial charge in [-0.3, -0.25) is 0 Å². The lowest BCUT2D eigenvalue weighted by atomic mass is 9.72. The van der Waals surface area contributed by atoms with Gasteiger partial charge in [-0.1, -0.05) is 43.2 Å². The smallest absolute Gasteiger partial charge is 0.330 e. The summed E-state index contributed by atoms with van der Waals surface area (Å²) in [5.74, 6) is -0.457. The predicted octanol–water partition coefficient (Wildman–Crippen LogP) is 5.58. The molecular weight excluding hydrogens is 310 g/mol. The Balaban J connectivity index is 2.99. The number of nitrogens with zero attached hydrogens (tertiary/aromatic N) is 1. The van der Waals surface area contributed by atoms with E-state index < -0.39 is 5.97 Å². The average molecular weight is 339 g/mol. The van der Waals surface area contributed by atoms with Crippen LogP contribution in [-0.2, 0) is 9.53 Å². The summed E-state index contributed by atoms with van der Waals surface area (Å²) in [6.07, 6.45) is 12.9. The van der Waals surface area contributed by atoms with Gasteiger partial charge in [-0.15, -0.1) is 0 Å². The Bertz CT molecular complexity index is 707. The molecule has 0 fully saturated rings. The van der Waals surface area contributed by atoms with Crippen LogP contribution in [0.3, 0.4) is 0 Å². The molecule has 3 nitrogen and oxygen atoms in total. The van der Waals surface area contributed by atoms with Gasteiger partial charge >= 0.3 is 5.97 Å². The lowest BCUT2D eigenvalue weighted by molar-refractivity contribution is -0.134. The SMILES string of the molecule is COC(=O)\C=C(C)/C(C#N)=C/C=C(C)/C=C/C1=C(C)CCCC1(C)C. The molecule has 1 rings (SSSR count). The molecule has 1 aliphatic carbocycles. The largest absolute Gasteiger partial charge is 0.466 e. The van der Waals surface area contributed by atoms with E-state index in [0.29, 0.717) is 11.1 Å². The summed E-state index contributed by atoms with van der Waals surface area (Å²) in [5, 5.41) is 9.27. The minimum atomic E-state index is -0.457. The Morgan fingerprint density at radius 1 is 1.28 bits per heavy atom. The van der Waals surface area contributed by atoms with E-state index in [1.807, 2.05) is 13.0 Å². The standard InChI is InChI=1S/C22H29NO2/c1-16(9-11-19(15-23)18(3)14-21(24)25-6)10-12-20-17(2)8-7-13-22(20,4)5/h9-12,14H,7-8,13H2,1-6H3/b12-10+,16-9+,18-14-,19-11+. The number of carbonyl (C=O) groups is 1. The third-order valence-corrected chi connectivity index (χ3v) is 4.65. The Kier molecular flexibility index (Phi) is 7.64. The van der Waals surface area contributed by atoms with Gasteiger partial charge in [-0.2, -0.15) is 5.26 Å². The second-order valence-electron chi connectivity index (χ2n) is 7.22. The van der Waals surface area contributed by atoms with Crippen LogP contribution < -0.4 is 0 Å². The maximum absolute atomic E-state index is 11.3. The molecular formula is C22H29NO2. The number of hydrogen-bond acceptors (Lipinski definition) is 3. The van der Waals surface area contributed by atoms with Gasteiger partial charge in [0.1, 0.15) is 0 Å². The van der Waals surface area contributed by atoms with Crippen LogP contribution in [0, 0.1) is 16.7 Å². The van der Waals surface area contributed by atoms with Crippen molar-refractivity contribution in [1.29, 1.82) is 5.26 Å². The molecule has 0 spiro atoms. The van der Waals surface area contributed by atoms with Gasteiger partial charge in [0.05, 0.1) is 18.8 Å². The van der Waals surface area contributed by atoms with Crippen molar-refractivity contribution >= 4 is 5.97 Å². The summed E-state index contributed by atoms with van der Waals surface area (Å²) in [7, 11) is 1.32. The van der Waals surface area contributed by atoms with Crippen molar-refractivity contribution in [2.24, 2.45) is 5.41 Å². The van der Waals surface area contributed by atoms with Crippen LogP contribution in [0.1, 0.15) is 53.9 Å². The highest BCUT2D eigenvalue weighted by atomic mass is 16.5. The van der Waals surface area contributed by atoms with Gasteiger partial charge in [-0.05, 0) is 62.7 Å². The molecule has 0 aromatic heterocycles. The van der Waals surface area contributed by atoms with Crippen molar-refractivity contribution in [2.45, 2.75) is 53.9 Å². The normalized spacial score (nSPS) is 19.2. The van der Waals surface area contributed by atoms with Gasteiger partial charge < -0.3 is 4.74 Å². The van der Waals surface area contributed by atoms with Gasteiger partial charge in [0.15, 0.2) is 0 Å². The molecule has 0 saturated carbocycles. The molecule has 0 atom stereocenters. The molecule has 25 heavy (non-hydrogen) atoms. The molecule has 0 saturated heterocycles. The first-order valence-corrected chi connectivity index (χ1v) is 8.65. The highest BCUT2D eigenvalue weighted by Gasteiger charge is 2.26. The van der Waals surface area contributed by atoms with E-state index in [1.54, 1.807) is 13.0 Å². The van der Waals surface area contributed by atoms with Crippen LogP contribution in [0.15, 0.2) is 58.2 Å². The van der Waals surface area contributed by atoms with E-state index in [4.69, 9.17) is 0 Å². The molecule has 0 aromatic carbocycles. The minimum absolute atomic E-state index is 0.215. The third kappa shape index (κ3) is 6.23. The minimum Gasteiger partial charge on any atom is -0.466 e. The number of nitriles is 1. The van der Waals surface area contributed by atoms with E-state index >= 15 is 0 Å². The Labute approximate surface area is 152 Å². The maximum Gasteiger partial charge on any atom is 0.330 e. The molecule has 3 heteroatoms. The number of ether oxygens (including phenoxy) is 1. The molecule has 0 bridgehead atoms. The van der Waals surface area contributed by atoms with Crippen LogP contribution >= 0.6 is 0 Å². The second-order valence-corrected chi connectivity index (χ2v) is 7.22. The molecule has 0 heterocycles. The van der Waals surface area contributed by atoms with Crippen LogP contribution in [0.4, 0.5) is 0 Å². The summed E-state index contributed by atoms with van der Waals surface area (Å²) in [6.45, 7) is 10.5. The highest BCUT2D eigenvalue weighted by Crippen LogP contribution is 2.40. The number of carbonyl (C=O) groups excluding carboxylic acids is 1. The molecule has 0 aromatic rings. The van der Waals surface area contributed by atoms with Crippen LogP contribution in [0.25, 0.3) is 0 Å². The van der Waals surface area contributed by atoms with Crippen LogP contribution in [-0.4, -0.2) is 13.1 Å². The first-order valence-electron chi connectivity index (χ1n) is 8.65. The molecule has 0 aliphatic heterocycles. The summed E-state index contributed by atoms with van der Waals surface area (Å²) in [5.41, 5.74) is 5.19. The topological polar surface area (TPSA) is 50.1 Å². The fraction of sp³-hybridized carbons (Fsp3) is 0.455. The fourth-order valence-corrected chi connectivity index (χ4v) is 3.07. The van der Waals surface area contributed by atoms with Gasteiger partial charge in [0.2, 0.25) is 0 Å². The van der Waals surface area contributed by atoms with Crippen molar-refractivity contribution in [1.82, 2.24) is 0 Å². The zero-order valence-corrected chi connectivity index (χ0v) is 16.3. The van der Waals surface area contributed by atoms with E-state index in [2.05, 4.69) is 43.7 Å². The maximum atomic E-state index is 11.3. The summed E-state index contributed by atoms with van der Waals surface area (Å²) in [4.78, 5) is 11.3. The summed E-state index contributed by atoms with van der Waals surface area (Å²) < 4.78 is 4.59. The number of rotatable bonds is 5. The van der Waals surface area contributed by atoms with Crippen molar-refractivity contribution in [3.8, 4) is 6.07 Å². The Hall–Kier alpha value is -2.34. The van der Waals surface area contributed by atoms with Gasteiger partial charge in [0.25, 0.3) is 0 Å². The van der Waals surface area contributed by atoms with Crippen molar-refractivity contribution in [3.05, 3.63) is 58.2 Å². The average Bonchev–Trinajstić information content (AvgIpc) is 2.54. The molecule has 0 amide bonds. The Morgan fingerprint density at radius 2 is 1.96 bits per heavy atom. The molecule has 0 N–H and O–H groups in total. The van der Waals surface area contributed by atoms with E-state index in [1.165, 1.54) is 43.6 Å². The highest BCUT2D eigenvalue weighted by molar-refractivity contribution is 5.83. The molecule has 1 aliphatic rings. The molecule has 134 valence electrons. The molecule has 0 radical (unpaired) electrons. The van der Waals surface area contributed by atoms with Crippen molar-refractivity contribution < 1.29 is 9.53 Å². The third-order valence-electron chi connectivity index (χ3n) is 4.65. The quantitative estimate of drug-likeness (QED) is 0.284. The van der Waals surface area contributed by atoms with Crippen molar-refractivity contribution in [2.75, 3.05) is 7.11 Å². The second kappa shape index (κ2) is 9.22. The molecule has 0 unspecified atom stereocenters. The summed E-state index contributed by atoms with van der Waals surface area (Å²) >= 11 is 0. The number of hydrogen-bond donors (Lipinski definition) is 0. The lowest BCUT2D eigenvalue weighted by Crippen LogP contribution is -2.19. The van der Waals surface area contributed by atoms with Gasteiger partial charge in [0, 0.05) is 6.08 Å². The zero-order chi connectivity index (χ0) is 19.0. The monoisotopic (exact) mass is 339 g/mol. The van der Waals surface area contributed by atoms with Gasteiger partial charge in [-0.25, -0.2) is 4.79 Å². The van der Waals surface area contributed by atoms with Crippen molar-refractivity contribution in [3.63, 3.8) is 0 Å². The van der Waals surface area contributed by atoms with Crippen LogP contribution in [0.5, 0.6) is 0 Å². The predicted molar refractivity (Wildman–Crippen MR) is 103 cm³/mol. The zero-order valence-electron chi connectivity index (χ0n) is 16.3. The fourth-order valence-electron chi connectivity index (χ4n) is 3.07. The van der Waals surface area contributed by atoms with E-state index in [9.17, 15) is 10.1 Å². The number of methoxy groups -OCH3 is 1. The lowest BCUT2D eigenvalue weighted by Gasteiger charge is -2.32. The van der Waals surface area contributed by atoms with Crippen LogP contribution in [0.2, 0.25) is 0 Å². The first kappa shape index (κ1) is 20.7. The van der Waals surface area contributed by atoms with E-state index in [-0.39, 0.29) is 5.41 Å².